The third-order valence-electron chi connectivity index (χ3n) is 3.17. The molecule has 0 aliphatic heterocycles. The van der Waals surface area contributed by atoms with E-state index >= 15 is 0 Å². The summed E-state index contributed by atoms with van der Waals surface area (Å²) >= 11 is 0. The Morgan fingerprint density at radius 3 is 2.85 bits per heavy atom. The molecule has 1 aromatic carbocycles. The van der Waals surface area contributed by atoms with Gasteiger partial charge in [-0.15, -0.1) is 0 Å². The monoisotopic (exact) mass is 269 g/mol. The molecule has 2 heterocycles. The molecule has 2 aromatic heterocycles. The molecular formula is C14H15N5O. The van der Waals surface area contributed by atoms with Gasteiger partial charge in [-0.05, 0) is 6.07 Å². The number of hydrogen-bond acceptors (Lipinski definition) is 5. The minimum atomic E-state index is 0.653. The van der Waals surface area contributed by atoms with E-state index in [4.69, 9.17) is 4.74 Å². The van der Waals surface area contributed by atoms with Crippen molar-refractivity contribution in [2.24, 2.45) is 0 Å². The van der Waals surface area contributed by atoms with Crippen molar-refractivity contribution in [2.45, 2.75) is 6.54 Å². The first kappa shape index (κ1) is 12.4. The summed E-state index contributed by atoms with van der Waals surface area (Å²) in [5.74, 6) is 1.59. The first-order valence-corrected chi connectivity index (χ1v) is 6.29. The molecule has 0 fully saturated rings. The van der Waals surface area contributed by atoms with Crippen LogP contribution in [0.25, 0.3) is 11.2 Å². The highest BCUT2D eigenvalue weighted by Crippen LogP contribution is 2.22. The molecule has 102 valence electrons. The molecule has 0 spiro atoms. The zero-order valence-corrected chi connectivity index (χ0v) is 11.4. The number of anilines is 1. The van der Waals surface area contributed by atoms with Gasteiger partial charge in [0.05, 0.1) is 20.0 Å². The molecule has 3 rings (SSSR count). The fraction of sp³-hybridized carbons (Fsp3) is 0.214. The molecule has 0 radical (unpaired) electrons. The lowest BCUT2D eigenvalue weighted by Crippen LogP contribution is -2.02. The van der Waals surface area contributed by atoms with Crippen molar-refractivity contribution in [2.75, 3.05) is 19.5 Å². The Bertz CT molecular complexity index is 737. The molecule has 3 aromatic rings. The van der Waals surface area contributed by atoms with Gasteiger partial charge >= 0.3 is 0 Å². The van der Waals surface area contributed by atoms with E-state index in [1.165, 1.54) is 6.33 Å². The number of nitrogens with one attached hydrogen (secondary N) is 1. The molecule has 6 nitrogen and oxygen atoms in total. The summed E-state index contributed by atoms with van der Waals surface area (Å²) in [6.45, 7) is 0.653. The van der Waals surface area contributed by atoms with Crippen molar-refractivity contribution < 1.29 is 4.74 Å². The maximum Gasteiger partial charge on any atom is 0.165 e. The molecule has 0 saturated heterocycles. The van der Waals surface area contributed by atoms with Crippen LogP contribution in [0.15, 0.2) is 36.9 Å². The van der Waals surface area contributed by atoms with Crippen LogP contribution >= 0.6 is 0 Å². The Morgan fingerprint density at radius 1 is 1.20 bits per heavy atom. The van der Waals surface area contributed by atoms with E-state index in [-0.39, 0.29) is 0 Å². The van der Waals surface area contributed by atoms with E-state index in [9.17, 15) is 0 Å². The second-order valence-corrected chi connectivity index (χ2v) is 4.33. The minimum absolute atomic E-state index is 0.653. The quantitative estimate of drug-likeness (QED) is 0.784. The average Bonchev–Trinajstić information content (AvgIpc) is 2.91. The topological polar surface area (TPSA) is 64.9 Å². The Kier molecular flexibility index (Phi) is 3.20. The Hall–Kier alpha value is -2.63. The van der Waals surface area contributed by atoms with Crippen LogP contribution in [0, 0.1) is 0 Å². The molecular weight excluding hydrogens is 254 g/mol. The van der Waals surface area contributed by atoms with Gasteiger partial charge in [0, 0.05) is 12.6 Å². The van der Waals surface area contributed by atoms with Crippen molar-refractivity contribution in [3.8, 4) is 5.75 Å². The van der Waals surface area contributed by atoms with Crippen LogP contribution in [0.2, 0.25) is 0 Å². The first-order valence-electron chi connectivity index (χ1n) is 6.29. The van der Waals surface area contributed by atoms with Gasteiger partial charge in [-0.25, -0.2) is 15.0 Å². The number of benzene rings is 1. The number of nitrogens with zero attached hydrogens (tertiary/aromatic N) is 4. The van der Waals surface area contributed by atoms with Crippen molar-refractivity contribution >= 4 is 17.0 Å². The van der Waals surface area contributed by atoms with Gasteiger partial charge in [0.25, 0.3) is 0 Å². The highest BCUT2D eigenvalue weighted by molar-refractivity contribution is 5.82. The minimum Gasteiger partial charge on any atom is -0.496 e. The Labute approximate surface area is 116 Å². The summed E-state index contributed by atoms with van der Waals surface area (Å²) in [5, 5.41) is 3.02. The predicted octanol–water partition coefficient (Wildman–Crippen LogP) is 1.92. The summed E-state index contributed by atoms with van der Waals surface area (Å²) in [5.41, 5.74) is 2.65. The molecule has 0 saturated carbocycles. The van der Waals surface area contributed by atoms with Crippen LogP contribution in [0.1, 0.15) is 5.56 Å². The molecule has 0 aliphatic rings. The predicted molar refractivity (Wildman–Crippen MR) is 77.0 cm³/mol. The van der Waals surface area contributed by atoms with Crippen LogP contribution in [0.4, 0.5) is 5.82 Å². The van der Waals surface area contributed by atoms with Gasteiger partial charge in [0.1, 0.15) is 17.6 Å². The molecule has 6 heteroatoms. The van der Waals surface area contributed by atoms with Crippen molar-refractivity contribution in [1.82, 2.24) is 19.5 Å². The lowest BCUT2D eigenvalue weighted by molar-refractivity contribution is 0.408. The third-order valence-corrected chi connectivity index (χ3v) is 3.17. The number of aromatic nitrogens is 4. The molecule has 1 N–H and O–H groups in total. The fourth-order valence-corrected chi connectivity index (χ4v) is 2.20. The van der Waals surface area contributed by atoms with Crippen LogP contribution in [-0.4, -0.2) is 33.7 Å². The van der Waals surface area contributed by atoms with Gasteiger partial charge in [0.15, 0.2) is 11.5 Å². The van der Waals surface area contributed by atoms with Gasteiger partial charge in [0.2, 0.25) is 0 Å². The SMILES string of the molecule is CNc1ncnc2c1ncn2Cc1ccccc1OC. The highest BCUT2D eigenvalue weighted by Gasteiger charge is 2.10. The fourth-order valence-electron chi connectivity index (χ4n) is 2.20. The zero-order chi connectivity index (χ0) is 13.9. The number of methoxy groups -OCH3 is 1. The second kappa shape index (κ2) is 5.16. The summed E-state index contributed by atoms with van der Waals surface area (Å²) in [6.07, 6.45) is 3.31. The van der Waals surface area contributed by atoms with Crippen LogP contribution in [0.5, 0.6) is 5.75 Å². The molecule has 0 unspecified atom stereocenters. The van der Waals surface area contributed by atoms with Crippen molar-refractivity contribution in [3.63, 3.8) is 0 Å². The molecule has 0 amide bonds. The standard InChI is InChI=1S/C14H15N5O/c1-15-13-12-14(17-8-16-13)19(9-18-12)7-10-5-3-4-6-11(10)20-2/h3-6,8-9H,7H2,1-2H3,(H,15,16,17). The van der Waals surface area contributed by atoms with E-state index < -0.39 is 0 Å². The molecule has 20 heavy (non-hydrogen) atoms. The summed E-state index contributed by atoms with van der Waals surface area (Å²) in [4.78, 5) is 12.8. The van der Waals surface area contributed by atoms with E-state index in [2.05, 4.69) is 20.3 Å². The largest absolute Gasteiger partial charge is 0.496 e. The molecule has 0 bridgehead atoms. The van der Waals surface area contributed by atoms with E-state index in [1.54, 1.807) is 13.4 Å². The highest BCUT2D eigenvalue weighted by atomic mass is 16.5. The normalized spacial score (nSPS) is 10.7. The number of fused-ring (bicyclic) bond motifs is 1. The lowest BCUT2D eigenvalue weighted by Gasteiger charge is -2.09. The third kappa shape index (κ3) is 2.05. The van der Waals surface area contributed by atoms with E-state index in [0.717, 1.165) is 28.3 Å². The van der Waals surface area contributed by atoms with E-state index in [1.807, 2.05) is 35.9 Å². The first-order chi connectivity index (χ1) is 9.83. The van der Waals surface area contributed by atoms with Gasteiger partial charge in [-0.1, -0.05) is 18.2 Å². The van der Waals surface area contributed by atoms with Crippen molar-refractivity contribution in [1.29, 1.82) is 0 Å². The number of imidazole rings is 1. The average molecular weight is 269 g/mol. The summed E-state index contributed by atoms with van der Waals surface area (Å²) < 4.78 is 7.35. The summed E-state index contributed by atoms with van der Waals surface area (Å²) in [6, 6.07) is 7.92. The second-order valence-electron chi connectivity index (χ2n) is 4.33. The molecule has 0 aliphatic carbocycles. The van der Waals surface area contributed by atoms with E-state index in [0.29, 0.717) is 6.54 Å². The molecule has 0 atom stereocenters. The van der Waals surface area contributed by atoms with Gasteiger partial charge < -0.3 is 14.6 Å². The Balaban J connectivity index is 2.03. The van der Waals surface area contributed by atoms with Crippen LogP contribution in [-0.2, 0) is 6.54 Å². The maximum atomic E-state index is 5.37. The van der Waals surface area contributed by atoms with Crippen LogP contribution in [0.3, 0.4) is 0 Å². The van der Waals surface area contributed by atoms with Crippen molar-refractivity contribution in [3.05, 3.63) is 42.5 Å². The smallest absolute Gasteiger partial charge is 0.165 e. The maximum absolute atomic E-state index is 5.37. The number of para-hydroxylation sites is 1. The van der Waals surface area contributed by atoms with Gasteiger partial charge in [-0.3, -0.25) is 0 Å². The Morgan fingerprint density at radius 2 is 2.05 bits per heavy atom. The zero-order valence-electron chi connectivity index (χ0n) is 11.4. The summed E-state index contributed by atoms with van der Waals surface area (Å²) in [7, 11) is 3.49. The number of rotatable bonds is 4. The van der Waals surface area contributed by atoms with Gasteiger partial charge in [-0.2, -0.15) is 0 Å². The van der Waals surface area contributed by atoms with Crippen LogP contribution < -0.4 is 10.1 Å². The number of hydrogen-bond donors (Lipinski definition) is 1. The number of ether oxygens (including phenoxy) is 1. The lowest BCUT2D eigenvalue weighted by atomic mass is 10.2.